The molecule has 5 atom stereocenters. The largest absolute Gasteiger partial charge is 0.493 e. The lowest BCUT2D eigenvalue weighted by Gasteiger charge is -2.39. The van der Waals surface area contributed by atoms with Gasteiger partial charge < -0.3 is 34.6 Å². The number of rotatable bonds is 8. The van der Waals surface area contributed by atoms with Crippen molar-refractivity contribution >= 4 is 11.9 Å². The Bertz CT molecular complexity index is 935. The zero-order chi connectivity index (χ0) is 27.6. The maximum absolute atomic E-state index is 13.1. The second-order valence-electron chi connectivity index (χ2n) is 7.27. The summed E-state index contributed by atoms with van der Waals surface area (Å²) in [6.07, 6.45) is -11.8. The van der Waals surface area contributed by atoms with Crippen molar-refractivity contribution in [1.29, 1.82) is 0 Å². The number of carbonyl (C=O) groups is 2. The first kappa shape index (κ1) is 16.5. The second-order valence-corrected chi connectivity index (χ2v) is 7.27. The Morgan fingerprint density at radius 2 is 1.87 bits per heavy atom. The molecule has 0 amide bonds. The van der Waals surface area contributed by atoms with Gasteiger partial charge in [0.15, 0.2) is 6.10 Å². The summed E-state index contributed by atoms with van der Waals surface area (Å²) in [6.45, 7) is -3.38. The lowest BCUT2D eigenvalue weighted by molar-refractivity contribution is -0.288. The molecule has 0 saturated carbocycles. The van der Waals surface area contributed by atoms with Crippen LogP contribution < -0.4 is 4.74 Å². The Balaban J connectivity index is 2.29. The Kier molecular flexibility index (Phi) is 5.35. The van der Waals surface area contributed by atoms with E-state index in [0.29, 0.717) is 5.75 Å². The summed E-state index contributed by atoms with van der Waals surface area (Å²) < 4.78 is 62.6. The molecule has 4 N–H and O–H groups in total. The molecule has 1 saturated heterocycles. The predicted octanol–water partition coefficient (Wildman–Crippen LogP) is 0.924. The molecule has 0 unspecified atom stereocenters. The van der Waals surface area contributed by atoms with Crippen LogP contribution in [0.1, 0.15) is 45.9 Å². The maximum Gasteiger partial charge on any atom is 0.335 e. The molecule has 1 heterocycles. The Labute approximate surface area is 183 Å². The van der Waals surface area contributed by atoms with Gasteiger partial charge in [-0.25, -0.2) is 4.79 Å². The predicted molar refractivity (Wildman–Crippen MR) is 105 cm³/mol. The van der Waals surface area contributed by atoms with Gasteiger partial charge in [0.25, 0.3) is 0 Å². The van der Waals surface area contributed by atoms with Crippen LogP contribution in [0.15, 0.2) is 18.2 Å². The average Bonchev–Trinajstić information content (AvgIpc) is 2.74. The van der Waals surface area contributed by atoms with Crippen molar-refractivity contribution in [3.05, 3.63) is 29.3 Å². The third-order valence-electron chi connectivity index (χ3n) is 4.68. The van der Waals surface area contributed by atoms with Crippen LogP contribution in [0, 0.1) is 19.3 Å². The van der Waals surface area contributed by atoms with Crippen LogP contribution in [-0.2, 0) is 19.1 Å². The summed E-state index contributed by atoms with van der Waals surface area (Å²) in [5.74, 6) is -3.08. The van der Waals surface area contributed by atoms with Gasteiger partial charge in [-0.1, -0.05) is 12.1 Å². The molecular formula is C21H30O9. The fourth-order valence-corrected chi connectivity index (χ4v) is 2.84. The molecule has 0 aliphatic carbocycles. The highest BCUT2D eigenvalue weighted by Crippen LogP contribution is 2.29. The summed E-state index contributed by atoms with van der Waals surface area (Å²) in [6, 6.07) is 5.41. The number of aliphatic hydroxyl groups is 3. The third kappa shape index (κ3) is 5.69. The molecule has 1 fully saturated rings. The minimum atomic E-state index is -3.43. The number of carboxylic acid groups (broad SMARTS) is 1. The topological polar surface area (TPSA) is 143 Å². The molecule has 1 aromatic carbocycles. The third-order valence-corrected chi connectivity index (χ3v) is 4.68. The van der Waals surface area contributed by atoms with Crippen LogP contribution in [-0.4, -0.2) is 69.7 Å². The number of hydrogen-bond donors (Lipinski definition) is 4. The number of carbonyl (C=O) groups excluding carboxylic acids is 1. The smallest absolute Gasteiger partial charge is 0.335 e. The Morgan fingerprint density at radius 1 is 1.17 bits per heavy atom. The molecule has 2 rings (SSSR count). The first-order chi connectivity index (χ1) is 16.4. The molecule has 0 bridgehead atoms. The molecule has 30 heavy (non-hydrogen) atoms. The van der Waals surface area contributed by atoms with Gasteiger partial charge in [0.2, 0.25) is 6.29 Å². The lowest BCUT2D eigenvalue weighted by atomic mass is 9.88. The second kappa shape index (κ2) is 9.74. The van der Waals surface area contributed by atoms with E-state index in [-0.39, 0.29) is 13.0 Å². The van der Waals surface area contributed by atoms with E-state index in [1.165, 1.54) is 0 Å². The molecule has 1 aromatic rings. The number of esters is 1. The number of benzene rings is 1. The summed E-state index contributed by atoms with van der Waals surface area (Å²) in [5, 5.41) is 38.9. The van der Waals surface area contributed by atoms with E-state index in [1.54, 1.807) is 13.0 Å². The minimum absolute atomic E-state index is 0.139. The van der Waals surface area contributed by atoms with Crippen LogP contribution in [0.2, 0.25) is 0 Å². The van der Waals surface area contributed by atoms with Crippen molar-refractivity contribution in [2.45, 2.75) is 71.1 Å². The SMILES string of the molecule is [2H]C([2H])([2H])C(CCCOc1cc(C)ccc1C)(C(=O)O[C@@H]1O[C@H](C(=O)O)[C@@H](O)[C@H](O)[C@H]1O)C([2H])([2H])[2H]. The first-order valence-electron chi connectivity index (χ1n) is 12.3. The number of aliphatic carboxylic acids is 1. The van der Waals surface area contributed by atoms with Gasteiger partial charge in [-0.05, 0) is 57.6 Å². The van der Waals surface area contributed by atoms with Crippen LogP contribution in [0.4, 0.5) is 0 Å². The van der Waals surface area contributed by atoms with E-state index in [0.717, 1.165) is 11.1 Å². The minimum Gasteiger partial charge on any atom is -0.493 e. The standard InChI is InChI=1S/C21H30O9/c1-11-6-7-12(2)13(10-11)28-9-5-8-21(3,4)20(27)30-19-16(24)14(22)15(23)17(29-19)18(25)26/h6-7,10,14-17,19,22-24H,5,8-9H2,1-4H3,(H,25,26)/t14-,15-,16+,17-,19-/m0/s1/i3D3,4D3. The highest BCUT2D eigenvalue weighted by Gasteiger charge is 2.49. The van der Waals surface area contributed by atoms with Crippen molar-refractivity contribution in [3.8, 4) is 5.75 Å². The van der Waals surface area contributed by atoms with Crippen LogP contribution in [0.25, 0.3) is 0 Å². The zero-order valence-corrected chi connectivity index (χ0v) is 16.6. The van der Waals surface area contributed by atoms with Crippen LogP contribution in [0.3, 0.4) is 0 Å². The number of aliphatic hydroxyl groups excluding tert-OH is 3. The van der Waals surface area contributed by atoms with E-state index >= 15 is 0 Å². The van der Waals surface area contributed by atoms with Gasteiger partial charge in [-0.15, -0.1) is 0 Å². The van der Waals surface area contributed by atoms with Crippen molar-refractivity contribution in [1.82, 2.24) is 0 Å². The average molecular weight is 432 g/mol. The van der Waals surface area contributed by atoms with E-state index in [2.05, 4.69) is 0 Å². The van der Waals surface area contributed by atoms with Gasteiger partial charge in [-0.2, -0.15) is 0 Å². The number of hydrogen-bond acceptors (Lipinski definition) is 8. The molecule has 0 spiro atoms. The molecule has 168 valence electrons. The van der Waals surface area contributed by atoms with Crippen LogP contribution >= 0.6 is 0 Å². The molecule has 9 nitrogen and oxygen atoms in total. The molecule has 1 aliphatic heterocycles. The molecule has 0 aromatic heterocycles. The number of ether oxygens (including phenoxy) is 3. The van der Waals surface area contributed by atoms with Gasteiger partial charge in [0.05, 0.1) is 12.0 Å². The number of aryl methyl sites for hydroxylation is 2. The summed E-state index contributed by atoms with van der Waals surface area (Å²) in [5.41, 5.74) is -1.42. The summed E-state index contributed by atoms with van der Waals surface area (Å²) >= 11 is 0. The fourth-order valence-electron chi connectivity index (χ4n) is 2.84. The zero-order valence-electron chi connectivity index (χ0n) is 22.6. The van der Waals surface area contributed by atoms with Crippen molar-refractivity contribution in [3.63, 3.8) is 0 Å². The first-order valence-corrected chi connectivity index (χ1v) is 9.27. The van der Waals surface area contributed by atoms with Crippen molar-refractivity contribution < 1.29 is 52.5 Å². The quantitative estimate of drug-likeness (QED) is 0.348. The summed E-state index contributed by atoms with van der Waals surface area (Å²) in [4.78, 5) is 24.4. The molecular weight excluding hydrogens is 396 g/mol. The van der Waals surface area contributed by atoms with Gasteiger partial charge in [-0.3, -0.25) is 4.79 Å². The lowest BCUT2D eigenvalue weighted by Crippen LogP contribution is -2.61. The Hall–Kier alpha value is -2.20. The van der Waals surface area contributed by atoms with E-state index in [1.807, 2.05) is 19.1 Å². The van der Waals surface area contributed by atoms with Crippen molar-refractivity contribution in [2.75, 3.05) is 6.61 Å². The van der Waals surface area contributed by atoms with Crippen molar-refractivity contribution in [2.24, 2.45) is 5.41 Å². The number of carboxylic acids is 1. The highest BCUT2D eigenvalue weighted by atomic mass is 16.7. The Morgan fingerprint density at radius 3 is 2.50 bits per heavy atom. The highest BCUT2D eigenvalue weighted by molar-refractivity contribution is 5.76. The molecule has 1 aliphatic rings. The van der Waals surface area contributed by atoms with E-state index in [4.69, 9.17) is 27.5 Å². The van der Waals surface area contributed by atoms with Gasteiger partial charge in [0, 0.05) is 8.22 Å². The maximum atomic E-state index is 13.1. The van der Waals surface area contributed by atoms with Gasteiger partial charge >= 0.3 is 11.9 Å². The van der Waals surface area contributed by atoms with Crippen LogP contribution in [0.5, 0.6) is 5.75 Å². The monoisotopic (exact) mass is 432 g/mol. The molecule has 0 radical (unpaired) electrons. The van der Waals surface area contributed by atoms with E-state index in [9.17, 15) is 24.9 Å². The van der Waals surface area contributed by atoms with E-state index < -0.39 is 68.2 Å². The summed E-state index contributed by atoms with van der Waals surface area (Å²) in [7, 11) is 0. The molecule has 9 heteroatoms. The van der Waals surface area contributed by atoms with Gasteiger partial charge in [0.1, 0.15) is 24.1 Å². The fraction of sp³-hybridized carbons (Fsp3) is 0.619. The normalized spacial score (nSPS) is 30.6.